The van der Waals surface area contributed by atoms with Gasteiger partial charge >= 0.3 is 0 Å². The van der Waals surface area contributed by atoms with Gasteiger partial charge in [0.15, 0.2) is 4.34 Å². The van der Waals surface area contributed by atoms with Crippen LogP contribution in [0.15, 0.2) is 81.3 Å². The first-order valence-corrected chi connectivity index (χ1v) is 13.5. The van der Waals surface area contributed by atoms with Crippen LogP contribution >= 0.6 is 23.1 Å². The molecule has 0 aliphatic carbocycles. The average Bonchev–Trinajstić information content (AvgIpc) is 3.25. The molecule has 0 saturated heterocycles. The lowest BCUT2D eigenvalue weighted by molar-refractivity contribution is -0.116. The molecule has 4 rings (SSSR count). The van der Waals surface area contributed by atoms with Gasteiger partial charge < -0.3 is 10.6 Å². The third-order valence-electron chi connectivity index (χ3n) is 4.73. The molecule has 0 aliphatic rings. The van der Waals surface area contributed by atoms with Gasteiger partial charge in [-0.15, -0.1) is 11.3 Å². The monoisotopic (exact) mass is 512 g/mol. The lowest BCUT2D eigenvalue weighted by Gasteiger charge is -2.08. The van der Waals surface area contributed by atoms with E-state index in [4.69, 9.17) is 5.14 Å². The molecule has 34 heavy (non-hydrogen) atoms. The number of hydrogen-bond acceptors (Lipinski definition) is 7. The Kier molecular flexibility index (Phi) is 7.27. The lowest BCUT2D eigenvalue weighted by atomic mass is 10.1. The largest absolute Gasteiger partial charge is 0.326 e. The third-order valence-corrected chi connectivity index (χ3v) is 7.73. The normalized spacial score (nSPS) is 11.3. The van der Waals surface area contributed by atoms with E-state index in [1.54, 1.807) is 5.38 Å². The minimum atomic E-state index is -3.79. The first-order valence-electron chi connectivity index (χ1n) is 10.1. The third kappa shape index (κ3) is 6.20. The number of carbonyl (C=O) groups is 2. The number of nitrogens with zero attached hydrogens (tertiary/aromatic N) is 1. The Morgan fingerprint density at radius 3 is 2.44 bits per heavy atom. The summed E-state index contributed by atoms with van der Waals surface area (Å²) in [6.07, 6.45) is 0.0518. The van der Waals surface area contributed by atoms with Crippen LogP contribution < -0.4 is 15.8 Å². The SMILES string of the molecule is NS(=O)(=O)c1ccc(NC(=O)Cc2csc(SCC(=O)Nc3cccc4ccccc34)n2)cc1. The maximum atomic E-state index is 12.4. The molecule has 2 amide bonds. The summed E-state index contributed by atoms with van der Waals surface area (Å²) in [5, 5.41) is 14.5. The Morgan fingerprint density at radius 1 is 0.941 bits per heavy atom. The number of primary sulfonamides is 1. The summed E-state index contributed by atoms with van der Waals surface area (Å²) in [4.78, 5) is 29.1. The molecular weight excluding hydrogens is 492 g/mol. The topological polar surface area (TPSA) is 131 Å². The summed E-state index contributed by atoms with van der Waals surface area (Å²) in [6, 6.07) is 19.2. The highest BCUT2D eigenvalue weighted by atomic mass is 32.2. The van der Waals surface area contributed by atoms with Crippen LogP contribution in [0.5, 0.6) is 0 Å². The van der Waals surface area contributed by atoms with E-state index in [1.165, 1.54) is 47.4 Å². The zero-order valence-electron chi connectivity index (χ0n) is 17.7. The maximum absolute atomic E-state index is 12.4. The number of anilines is 2. The molecule has 0 bridgehead atoms. The number of carbonyl (C=O) groups excluding carboxylic acids is 2. The summed E-state index contributed by atoms with van der Waals surface area (Å²) in [5.41, 5.74) is 1.80. The van der Waals surface area contributed by atoms with Crippen molar-refractivity contribution in [3.05, 3.63) is 77.8 Å². The van der Waals surface area contributed by atoms with Gasteiger partial charge in [0.25, 0.3) is 0 Å². The summed E-state index contributed by atoms with van der Waals surface area (Å²) in [7, 11) is -3.79. The molecule has 11 heteroatoms. The van der Waals surface area contributed by atoms with Gasteiger partial charge in [-0.2, -0.15) is 0 Å². The van der Waals surface area contributed by atoms with E-state index in [2.05, 4.69) is 15.6 Å². The molecule has 0 radical (unpaired) electrons. The van der Waals surface area contributed by atoms with Crippen LogP contribution in [0.2, 0.25) is 0 Å². The van der Waals surface area contributed by atoms with Crippen LogP contribution in [0, 0.1) is 0 Å². The predicted octanol–water partition coefficient (Wildman–Crippen LogP) is 3.86. The summed E-state index contributed by atoms with van der Waals surface area (Å²) >= 11 is 2.67. The van der Waals surface area contributed by atoms with Crippen molar-refractivity contribution < 1.29 is 18.0 Å². The van der Waals surface area contributed by atoms with Crippen molar-refractivity contribution in [2.45, 2.75) is 15.7 Å². The first-order chi connectivity index (χ1) is 16.3. The molecule has 3 aromatic carbocycles. The number of thioether (sulfide) groups is 1. The molecule has 0 spiro atoms. The average molecular weight is 513 g/mol. The molecule has 0 aliphatic heterocycles. The van der Waals surface area contributed by atoms with E-state index in [9.17, 15) is 18.0 Å². The first kappa shape index (κ1) is 23.9. The van der Waals surface area contributed by atoms with Crippen LogP contribution in [-0.4, -0.2) is 31.0 Å². The second-order valence-corrected chi connectivity index (χ2v) is 10.9. The number of rotatable bonds is 8. The van der Waals surface area contributed by atoms with E-state index < -0.39 is 10.0 Å². The standard InChI is InChI=1S/C23H20N4O4S3/c24-34(30,31)18-10-8-16(9-11-18)25-21(28)12-17-13-32-23(26-17)33-14-22(29)27-20-7-3-5-15-4-1-2-6-19(15)20/h1-11,13H,12,14H2,(H,25,28)(H,27,29)(H2,24,30,31). The van der Waals surface area contributed by atoms with E-state index in [0.29, 0.717) is 15.7 Å². The number of thiazole rings is 1. The van der Waals surface area contributed by atoms with Gasteiger partial charge in [0.1, 0.15) is 0 Å². The fraction of sp³-hybridized carbons (Fsp3) is 0.0870. The highest BCUT2D eigenvalue weighted by molar-refractivity contribution is 8.01. The lowest BCUT2D eigenvalue weighted by Crippen LogP contribution is -2.15. The summed E-state index contributed by atoms with van der Waals surface area (Å²) in [6.45, 7) is 0. The second kappa shape index (κ2) is 10.3. The van der Waals surface area contributed by atoms with Gasteiger partial charge in [0.2, 0.25) is 21.8 Å². The fourth-order valence-electron chi connectivity index (χ4n) is 3.18. The molecule has 1 heterocycles. The number of hydrogen-bond donors (Lipinski definition) is 3. The van der Waals surface area contributed by atoms with Crippen LogP contribution in [0.3, 0.4) is 0 Å². The molecular formula is C23H20N4O4S3. The number of sulfonamides is 1. The van der Waals surface area contributed by atoms with E-state index in [0.717, 1.165) is 16.5 Å². The zero-order valence-corrected chi connectivity index (χ0v) is 20.2. The van der Waals surface area contributed by atoms with Gasteiger partial charge in [0.05, 0.1) is 22.8 Å². The van der Waals surface area contributed by atoms with Crippen molar-refractivity contribution >= 4 is 67.1 Å². The van der Waals surface area contributed by atoms with Gasteiger partial charge in [-0.25, -0.2) is 18.5 Å². The quantitative estimate of drug-likeness (QED) is 0.307. The summed E-state index contributed by atoms with van der Waals surface area (Å²) in [5.74, 6) is -0.239. The molecule has 4 aromatic rings. The molecule has 0 fully saturated rings. The van der Waals surface area contributed by atoms with Crippen LogP contribution in [0.1, 0.15) is 5.69 Å². The van der Waals surface area contributed by atoms with Crippen LogP contribution in [0.4, 0.5) is 11.4 Å². The molecule has 1 aromatic heterocycles. The van der Waals surface area contributed by atoms with Crippen molar-refractivity contribution in [2.24, 2.45) is 5.14 Å². The van der Waals surface area contributed by atoms with Gasteiger partial charge in [0, 0.05) is 22.1 Å². The van der Waals surface area contributed by atoms with Crippen molar-refractivity contribution in [1.29, 1.82) is 0 Å². The van der Waals surface area contributed by atoms with Crippen molar-refractivity contribution in [1.82, 2.24) is 4.98 Å². The van der Waals surface area contributed by atoms with Gasteiger partial charge in [-0.05, 0) is 35.7 Å². The number of benzene rings is 3. The van der Waals surface area contributed by atoms with Crippen LogP contribution in [-0.2, 0) is 26.0 Å². The molecule has 0 atom stereocenters. The number of aromatic nitrogens is 1. The number of nitrogens with two attached hydrogens (primary N) is 1. The Morgan fingerprint density at radius 2 is 1.68 bits per heavy atom. The summed E-state index contributed by atoms with van der Waals surface area (Å²) < 4.78 is 23.3. The fourth-order valence-corrected chi connectivity index (χ4v) is 5.34. The number of fused-ring (bicyclic) bond motifs is 1. The van der Waals surface area contributed by atoms with E-state index in [-0.39, 0.29) is 28.9 Å². The second-order valence-electron chi connectivity index (χ2n) is 7.26. The minimum absolute atomic E-state index is 0.0313. The zero-order chi connectivity index (χ0) is 24.1. The molecule has 4 N–H and O–H groups in total. The Hall–Kier alpha value is -3.25. The molecule has 174 valence electrons. The maximum Gasteiger partial charge on any atom is 0.238 e. The number of amides is 2. The van der Waals surface area contributed by atoms with Crippen molar-refractivity contribution in [3.8, 4) is 0 Å². The highest BCUT2D eigenvalue weighted by Gasteiger charge is 2.12. The predicted molar refractivity (Wildman–Crippen MR) is 136 cm³/mol. The van der Waals surface area contributed by atoms with E-state index in [1.807, 2.05) is 42.5 Å². The molecule has 0 saturated carbocycles. The Bertz CT molecular complexity index is 1450. The van der Waals surface area contributed by atoms with Crippen LogP contribution in [0.25, 0.3) is 10.8 Å². The highest BCUT2D eigenvalue weighted by Crippen LogP contribution is 2.26. The van der Waals surface area contributed by atoms with Crippen molar-refractivity contribution in [2.75, 3.05) is 16.4 Å². The van der Waals surface area contributed by atoms with Gasteiger partial charge in [-0.3, -0.25) is 9.59 Å². The minimum Gasteiger partial charge on any atom is -0.326 e. The van der Waals surface area contributed by atoms with Gasteiger partial charge in [-0.1, -0.05) is 48.2 Å². The molecule has 0 unspecified atom stereocenters. The Labute approximate surface area is 204 Å². The smallest absolute Gasteiger partial charge is 0.238 e. The number of nitrogens with one attached hydrogen (secondary N) is 2. The Balaban J connectivity index is 1.28. The molecule has 8 nitrogen and oxygen atoms in total. The van der Waals surface area contributed by atoms with Crippen molar-refractivity contribution in [3.63, 3.8) is 0 Å². The van der Waals surface area contributed by atoms with E-state index >= 15 is 0 Å².